The number of nitrogens with two attached hydrogens (primary N) is 1. The van der Waals surface area contributed by atoms with Gasteiger partial charge in [-0.25, -0.2) is 0 Å². The Bertz CT molecular complexity index is 632. The second-order valence-corrected chi connectivity index (χ2v) is 5.04. The van der Waals surface area contributed by atoms with E-state index in [0.717, 1.165) is 5.75 Å². The van der Waals surface area contributed by atoms with E-state index in [1.165, 1.54) is 11.6 Å². The van der Waals surface area contributed by atoms with E-state index in [0.29, 0.717) is 24.8 Å². The third-order valence-corrected chi connectivity index (χ3v) is 3.14. The summed E-state index contributed by atoms with van der Waals surface area (Å²) in [7, 11) is 0. The molecule has 4 heteroatoms. The van der Waals surface area contributed by atoms with Gasteiger partial charge in [-0.05, 0) is 23.6 Å². The Kier molecular flexibility index (Phi) is 4.45. The van der Waals surface area contributed by atoms with E-state index >= 15 is 0 Å². The predicted octanol–water partition coefficient (Wildman–Crippen LogP) is 2.63. The van der Waals surface area contributed by atoms with Crippen molar-refractivity contribution < 1.29 is 4.74 Å². The maximum atomic E-state index is 11.6. The standard InChI is InChI=1S/C16H20N2O2/c1-12(2)14-5-3-4-6-15(14)20-10-9-18-11-13(17)7-8-16(18)19/h3-8,11-12H,9-10,17H2,1-2H3. The maximum Gasteiger partial charge on any atom is 0.250 e. The lowest BCUT2D eigenvalue weighted by Gasteiger charge is -2.14. The van der Waals surface area contributed by atoms with Crippen molar-refractivity contribution in [1.82, 2.24) is 4.57 Å². The van der Waals surface area contributed by atoms with Crippen molar-refractivity contribution >= 4 is 5.69 Å². The lowest BCUT2D eigenvalue weighted by atomic mass is 10.0. The molecule has 0 atom stereocenters. The van der Waals surface area contributed by atoms with Gasteiger partial charge in [0.05, 0.1) is 6.54 Å². The highest BCUT2D eigenvalue weighted by atomic mass is 16.5. The first-order valence-corrected chi connectivity index (χ1v) is 6.75. The number of pyridine rings is 1. The van der Waals surface area contributed by atoms with Gasteiger partial charge in [0.15, 0.2) is 0 Å². The lowest BCUT2D eigenvalue weighted by molar-refractivity contribution is 0.292. The van der Waals surface area contributed by atoms with E-state index in [9.17, 15) is 4.79 Å². The first kappa shape index (κ1) is 14.2. The molecule has 0 aliphatic heterocycles. The summed E-state index contributed by atoms with van der Waals surface area (Å²) in [4.78, 5) is 11.6. The van der Waals surface area contributed by atoms with Crippen LogP contribution in [-0.4, -0.2) is 11.2 Å². The zero-order chi connectivity index (χ0) is 14.5. The van der Waals surface area contributed by atoms with Crippen molar-refractivity contribution in [1.29, 1.82) is 0 Å². The minimum absolute atomic E-state index is 0.0695. The fourth-order valence-electron chi connectivity index (χ4n) is 2.07. The molecule has 0 aliphatic rings. The molecular formula is C16H20N2O2. The van der Waals surface area contributed by atoms with Gasteiger partial charge in [0.1, 0.15) is 12.4 Å². The smallest absolute Gasteiger partial charge is 0.250 e. The number of nitrogens with zero attached hydrogens (tertiary/aromatic N) is 1. The van der Waals surface area contributed by atoms with Gasteiger partial charge in [-0.2, -0.15) is 0 Å². The summed E-state index contributed by atoms with van der Waals surface area (Å²) in [6.07, 6.45) is 1.64. The molecule has 1 aromatic heterocycles. The molecule has 1 heterocycles. The van der Waals surface area contributed by atoms with E-state index in [1.807, 2.05) is 18.2 Å². The fraction of sp³-hybridized carbons (Fsp3) is 0.312. The molecule has 2 N–H and O–H groups in total. The molecule has 2 rings (SSSR count). The first-order valence-electron chi connectivity index (χ1n) is 6.75. The number of rotatable bonds is 5. The Labute approximate surface area is 118 Å². The molecule has 0 spiro atoms. The highest BCUT2D eigenvalue weighted by Crippen LogP contribution is 2.25. The molecular weight excluding hydrogens is 252 g/mol. The van der Waals surface area contributed by atoms with Gasteiger partial charge in [0, 0.05) is 18.0 Å². The van der Waals surface area contributed by atoms with E-state index in [4.69, 9.17) is 10.5 Å². The Balaban J connectivity index is 2.03. The summed E-state index contributed by atoms with van der Waals surface area (Å²) < 4.78 is 7.36. The van der Waals surface area contributed by atoms with E-state index in [1.54, 1.807) is 16.8 Å². The number of ether oxygens (including phenoxy) is 1. The molecule has 0 saturated heterocycles. The third-order valence-electron chi connectivity index (χ3n) is 3.14. The van der Waals surface area contributed by atoms with Gasteiger partial charge in [-0.1, -0.05) is 32.0 Å². The molecule has 20 heavy (non-hydrogen) atoms. The molecule has 0 aliphatic carbocycles. The largest absolute Gasteiger partial charge is 0.491 e. The van der Waals surface area contributed by atoms with Crippen LogP contribution in [0.5, 0.6) is 5.75 Å². The molecule has 4 nitrogen and oxygen atoms in total. The van der Waals surface area contributed by atoms with Crippen LogP contribution in [0.15, 0.2) is 47.4 Å². The average molecular weight is 272 g/mol. The number of hydrogen-bond acceptors (Lipinski definition) is 3. The third kappa shape index (κ3) is 3.41. The number of para-hydroxylation sites is 1. The van der Waals surface area contributed by atoms with Crippen molar-refractivity contribution in [2.24, 2.45) is 0 Å². The summed E-state index contributed by atoms with van der Waals surface area (Å²) in [5.74, 6) is 1.28. The van der Waals surface area contributed by atoms with Gasteiger partial charge in [0.2, 0.25) is 0 Å². The van der Waals surface area contributed by atoms with Crippen molar-refractivity contribution in [3.63, 3.8) is 0 Å². The van der Waals surface area contributed by atoms with Crippen LogP contribution in [0.4, 0.5) is 5.69 Å². The molecule has 0 fully saturated rings. The van der Waals surface area contributed by atoms with Gasteiger partial charge in [-0.15, -0.1) is 0 Å². The molecule has 0 saturated carbocycles. The monoisotopic (exact) mass is 272 g/mol. The van der Waals surface area contributed by atoms with Crippen molar-refractivity contribution in [3.05, 3.63) is 58.5 Å². The zero-order valence-corrected chi connectivity index (χ0v) is 11.9. The van der Waals surface area contributed by atoms with Gasteiger partial charge >= 0.3 is 0 Å². The summed E-state index contributed by atoms with van der Waals surface area (Å²) >= 11 is 0. The van der Waals surface area contributed by atoms with Crippen LogP contribution >= 0.6 is 0 Å². The minimum Gasteiger partial charge on any atom is -0.491 e. The van der Waals surface area contributed by atoms with E-state index in [-0.39, 0.29) is 5.56 Å². The topological polar surface area (TPSA) is 57.2 Å². The molecule has 0 amide bonds. The number of anilines is 1. The van der Waals surface area contributed by atoms with E-state index in [2.05, 4.69) is 19.9 Å². The van der Waals surface area contributed by atoms with Crippen LogP contribution in [0.3, 0.4) is 0 Å². The number of aromatic nitrogens is 1. The normalized spacial score (nSPS) is 10.8. The minimum atomic E-state index is -0.0695. The second kappa shape index (κ2) is 6.28. The summed E-state index contributed by atoms with van der Waals surface area (Å²) in [5, 5.41) is 0. The number of hydrogen-bond donors (Lipinski definition) is 1. The molecule has 0 unspecified atom stereocenters. The highest BCUT2D eigenvalue weighted by molar-refractivity contribution is 5.35. The van der Waals surface area contributed by atoms with Gasteiger partial charge < -0.3 is 15.0 Å². The Morgan fingerprint density at radius 1 is 1.20 bits per heavy atom. The summed E-state index contributed by atoms with van der Waals surface area (Å²) in [5.41, 5.74) is 7.35. The van der Waals surface area contributed by atoms with E-state index < -0.39 is 0 Å². The van der Waals surface area contributed by atoms with Crippen LogP contribution in [0, 0.1) is 0 Å². The summed E-state index contributed by atoms with van der Waals surface area (Å²) in [6.45, 7) is 5.18. The predicted molar refractivity (Wildman–Crippen MR) is 81.1 cm³/mol. The van der Waals surface area contributed by atoms with Crippen LogP contribution in [0.2, 0.25) is 0 Å². The first-order chi connectivity index (χ1) is 9.58. The van der Waals surface area contributed by atoms with Crippen LogP contribution in [0.1, 0.15) is 25.3 Å². The van der Waals surface area contributed by atoms with Crippen molar-refractivity contribution in [2.45, 2.75) is 26.3 Å². The Morgan fingerprint density at radius 2 is 1.95 bits per heavy atom. The second-order valence-electron chi connectivity index (χ2n) is 5.04. The van der Waals surface area contributed by atoms with Gasteiger partial charge in [0.25, 0.3) is 5.56 Å². The van der Waals surface area contributed by atoms with Crippen molar-refractivity contribution in [3.8, 4) is 5.75 Å². The van der Waals surface area contributed by atoms with Crippen molar-refractivity contribution in [2.75, 3.05) is 12.3 Å². The van der Waals surface area contributed by atoms with Crippen LogP contribution in [0.25, 0.3) is 0 Å². The fourth-order valence-corrected chi connectivity index (χ4v) is 2.07. The Morgan fingerprint density at radius 3 is 2.70 bits per heavy atom. The van der Waals surface area contributed by atoms with Gasteiger partial charge in [-0.3, -0.25) is 4.79 Å². The number of benzene rings is 1. The maximum absolute atomic E-state index is 11.6. The average Bonchev–Trinajstić information content (AvgIpc) is 2.43. The Hall–Kier alpha value is -2.23. The molecule has 106 valence electrons. The van der Waals surface area contributed by atoms with Crippen LogP contribution in [-0.2, 0) is 6.54 Å². The molecule has 2 aromatic rings. The molecule has 1 aromatic carbocycles. The summed E-state index contributed by atoms with van der Waals surface area (Å²) in [6, 6.07) is 11.0. The van der Waals surface area contributed by atoms with Crippen LogP contribution < -0.4 is 16.0 Å². The SMILES string of the molecule is CC(C)c1ccccc1OCCn1cc(N)ccc1=O. The highest BCUT2D eigenvalue weighted by Gasteiger charge is 2.06. The zero-order valence-electron chi connectivity index (χ0n) is 11.9. The lowest BCUT2D eigenvalue weighted by Crippen LogP contribution is -2.22. The molecule has 0 bridgehead atoms. The quantitative estimate of drug-likeness (QED) is 0.910. The number of nitrogen functional groups attached to an aromatic ring is 1. The molecule has 0 radical (unpaired) electrons.